The number of rotatable bonds is 1. The Morgan fingerprint density at radius 2 is 2.00 bits per heavy atom. The molecule has 1 fully saturated rings. The predicted molar refractivity (Wildman–Crippen MR) is 75.7 cm³/mol. The fourth-order valence-electron chi connectivity index (χ4n) is 2.26. The maximum atomic E-state index is 6.27. The van der Waals surface area contributed by atoms with Crippen molar-refractivity contribution >= 4 is 33.9 Å². The van der Waals surface area contributed by atoms with E-state index >= 15 is 0 Å². The first-order chi connectivity index (χ1) is 8.36. The number of anilines is 2. The molecule has 0 saturated carbocycles. The van der Waals surface area contributed by atoms with E-state index in [1.54, 1.807) is 6.20 Å². The molecule has 1 aliphatic heterocycles. The van der Waals surface area contributed by atoms with Gasteiger partial charge in [0, 0.05) is 47.8 Å². The first-order valence-electron chi connectivity index (χ1n) is 5.81. The summed E-state index contributed by atoms with van der Waals surface area (Å²) in [6.07, 6.45) is 3.66. The first-order valence-corrected chi connectivity index (χ1v) is 6.96. The van der Waals surface area contributed by atoms with Crippen LogP contribution in [0.15, 0.2) is 30.6 Å². The van der Waals surface area contributed by atoms with Crippen LogP contribution in [-0.2, 0) is 0 Å². The molecule has 4 heteroatoms. The summed E-state index contributed by atoms with van der Waals surface area (Å²) in [6.45, 7) is 2.18. The lowest BCUT2D eigenvalue weighted by atomic mass is 10.1. The number of hydrogen-bond acceptors (Lipinski definition) is 4. The largest absolute Gasteiger partial charge is 0.397 e. The lowest BCUT2D eigenvalue weighted by Crippen LogP contribution is -2.32. The zero-order valence-electron chi connectivity index (χ0n) is 9.60. The molecule has 3 rings (SSSR count). The molecule has 2 aromatic rings. The lowest BCUT2D eigenvalue weighted by molar-refractivity contribution is 0.861. The smallest absolute Gasteiger partial charge is 0.0632 e. The minimum Gasteiger partial charge on any atom is -0.397 e. The fraction of sp³-hybridized carbons (Fsp3) is 0.308. The van der Waals surface area contributed by atoms with Gasteiger partial charge in [0.2, 0.25) is 0 Å². The van der Waals surface area contributed by atoms with E-state index in [2.05, 4.69) is 22.0 Å². The number of benzene rings is 1. The van der Waals surface area contributed by atoms with Gasteiger partial charge >= 0.3 is 0 Å². The Balaban J connectivity index is 2.07. The third kappa shape index (κ3) is 1.93. The Bertz CT molecular complexity index is 535. The van der Waals surface area contributed by atoms with Crippen molar-refractivity contribution in [2.75, 3.05) is 35.2 Å². The van der Waals surface area contributed by atoms with Crippen molar-refractivity contribution in [2.45, 2.75) is 0 Å². The molecule has 1 aromatic heterocycles. The van der Waals surface area contributed by atoms with E-state index in [9.17, 15) is 0 Å². The van der Waals surface area contributed by atoms with Crippen LogP contribution in [0.3, 0.4) is 0 Å². The summed E-state index contributed by atoms with van der Waals surface area (Å²) in [5.74, 6) is 2.38. The second kappa shape index (κ2) is 4.45. The summed E-state index contributed by atoms with van der Waals surface area (Å²) in [7, 11) is 0. The molecule has 0 radical (unpaired) electrons. The van der Waals surface area contributed by atoms with Crippen molar-refractivity contribution in [3.63, 3.8) is 0 Å². The van der Waals surface area contributed by atoms with Crippen molar-refractivity contribution in [1.82, 2.24) is 4.98 Å². The van der Waals surface area contributed by atoms with Crippen molar-refractivity contribution in [2.24, 2.45) is 0 Å². The summed E-state index contributed by atoms with van der Waals surface area (Å²) in [5.41, 5.74) is 8.33. The van der Waals surface area contributed by atoms with Crippen LogP contribution < -0.4 is 10.6 Å². The zero-order chi connectivity index (χ0) is 11.7. The molecule has 3 nitrogen and oxygen atoms in total. The van der Waals surface area contributed by atoms with Gasteiger partial charge in [-0.25, -0.2) is 0 Å². The quantitative estimate of drug-likeness (QED) is 0.783. The average Bonchev–Trinajstić information content (AvgIpc) is 2.40. The number of hydrogen-bond donors (Lipinski definition) is 1. The van der Waals surface area contributed by atoms with Crippen molar-refractivity contribution in [3.8, 4) is 0 Å². The fourth-order valence-corrected chi connectivity index (χ4v) is 3.16. The molecule has 1 aromatic carbocycles. The van der Waals surface area contributed by atoms with E-state index in [1.807, 2.05) is 24.0 Å². The molecular formula is C13H15N3S. The van der Waals surface area contributed by atoms with Gasteiger partial charge in [0.25, 0.3) is 0 Å². The standard InChI is InChI=1S/C13H15N3S/c14-13-11-3-4-15-9-10(11)1-2-12(13)16-5-7-17-8-6-16/h1-4,9H,5-8,14H2. The van der Waals surface area contributed by atoms with Crippen LogP contribution in [0.1, 0.15) is 0 Å². The van der Waals surface area contributed by atoms with E-state index in [1.165, 1.54) is 17.2 Å². The Morgan fingerprint density at radius 3 is 2.82 bits per heavy atom. The highest BCUT2D eigenvalue weighted by Gasteiger charge is 2.14. The monoisotopic (exact) mass is 245 g/mol. The van der Waals surface area contributed by atoms with Crippen LogP contribution in [0.4, 0.5) is 11.4 Å². The molecule has 0 unspecified atom stereocenters. The van der Waals surface area contributed by atoms with Crippen LogP contribution in [0.25, 0.3) is 10.8 Å². The van der Waals surface area contributed by atoms with Gasteiger partial charge in [-0.1, -0.05) is 6.07 Å². The molecule has 2 N–H and O–H groups in total. The topological polar surface area (TPSA) is 42.1 Å². The Kier molecular flexibility index (Phi) is 2.81. The average molecular weight is 245 g/mol. The third-order valence-corrected chi connectivity index (χ3v) is 4.13. The maximum absolute atomic E-state index is 6.27. The molecule has 0 spiro atoms. The normalized spacial score (nSPS) is 16.4. The second-order valence-corrected chi connectivity index (χ2v) is 5.42. The van der Waals surface area contributed by atoms with E-state index in [-0.39, 0.29) is 0 Å². The number of aromatic nitrogens is 1. The minimum atomic E-state index is 0.886. The van der Waals surface area contributed by atoms with Gasteiger partial charge in [-0.2, -0.15) is 11.8 Å². The van der Waals surface area contributed by atoms with Gasteiger partial charge in [-0.05, 0) is 12.1 Å². The van der Waals surface area contributed by atoms with Gasteiger partial charge in [-0.3, -0.25) is 4.98 Å². The van der Waals surface area contributed by atoms with Crippen LogP contribution in [0.5, 0.6) is 0 Å². The first kappa shape index (κ1) is 10.7. The minimum absolute atomic E-state index is 0.886. The number of nitrogens with two attached hydrogens (primary N) is 1. The number of thioether (sulfide) groups is 1. The van der Waals surface area contributed by atoms with E-state index in [4.69, 9.17) is 5.73 Å². The van der Waals surface area contributed by atoms with Gasteiger partial charge in [0.15, 0.2) is 0 Å². The molecule has 1 aliphatic rings. The van der Waals surface area contributed by atoms with E-state index < -0.39 is 0 Å². The summed E-state index contributed by atoms with van der Waals surface area (Å²) in [5, 5.41) is 2.22. The zero-order valence-corrected chi connectivity index (χ0v) is 10.4. The molecular weight excluding hydrogens is 230 g/mol. The maximum Gasteiger partial charge on any atom is 0.0632 e. The molecule has 88 valence electrons. The molecule has 0 atom stereocenters. The van der Waals surface area contributed by atoms with Gasteiger partial charge in [0.05, 0.1) is 11.4 Å². The Morgan fingerprint density at radius 1 is 1.18 bits per heavy atom. The van der Waals surface area contributed by atoms with Crippen molar-refractivity contribution < 1.29 is 0 Å². The van der Waals surface area contributed by atoms with Crippen LogP contribution in [0.2, 0.25) is 0 Å². The highest BCUT2D eigenvalue weighted by atomic mass is 32.2. The molecule has 17 heavy (non-hydrogen) atoms. The third-order valence-electron chi connectivity index (χ3n) is 3.19. The number of fused-ring (bicyclic) bond motifs is 1. The highest BCUT2D eigenvalue weighted by Crippen LogP contribution is 2.32. The van der Waals surface area contributed by atoms with Crippen LogP contribution in [0, 0.1) is 0 Å². The highest BCUT2D eigenvalue weighted by molar-refractivity contribution is 7.99. The second-order valence-electron chi connectivity index (χ2n) is 4.19. The van der Waals surface area contributed by atoms with E-state index in [0.29, 0.717) is 0 Å². The predicted octanol–water partition coefficient (Wildman–Crippen LogP) is 2.37. The summed E-state index contributed by atoms with van der Waals surface area (Å²) in [6, 6.07) is 6.22. The van der Waals surface area contributed by atoms with Crippen LogP contribution in [-0.4, -0.2) is 29.6 Å². The molecule has 0 aliphatic carbocycles. The summed E-state index contributed by atoms with van der Waals surface area (Å²) in [4.78, 5) is 6.50. The van der Waals surface area contributed by atoms with Crippen molar-refractivity contribution in [1.29, 1.82) is 0 Å². The number of pyridine rings is 1. The van der Waals surface area contributed by atoms with Crippen LogP contribution >= 0.6 is 11.8 Å². The Labute approximate surface area is 105 Å². The van der Waals surface area contributed by atoms with Gasteiger partial charge in [0.1, 0.15) is 0 Å². The lowest BCUT2D eigenvalue weighted by Gasteiger charge is -2.29. The van der Waals surface area contributed by atoms with E-state index in [0.717, 1.165) is 29.5 Å². The van der Waals surface area contributed by atoms with Crippen molar-refractivity contribution in [3.05, 3.63) is 30.6 Å². The van der Waals surface area contributed by atoms with Gasteiger partial charge < -0.3 is 10.6 Å². The SMILES string of the molecule is Nc1c(N2CCSCC2)ccc2cnccc12. The summed E-state index contributed by atoms with van der Waals surface area (Å²) < 4.78 is 0. The molecule has 1 saturated heterocycles. The number of nitrogens with zero attached hydrogens (tertiary/aromatic N) is 2. The summed E-state index contributed by atoms with van der Waals surface area (Å²) >= 11 is 2.01. The molecule has 0 bridgehead atoms. The Hall–Kier alpha value is -1.42. The molecule has 0 amide bonds. The number of nitrogen functional groups attached to an aromatic ring is 1. The molecule has 2 heterocycles. The van der Waals surface area contributed by atoms with Gasteiger partial charge in [-0.15, -0.1) is 0 Å².